The van der Waals surface area contributed by atoms with Crippen LogP contribution in [0.5, 0.6) is 5.75 Å². The first-order valence-electron chi connectivity index (χ1n) is 8.88. The average molecular weight is 320 g/mol. The number of rotatable bonds is 7. The molecule has 0 spiro atoms. The van der Waals surface area contributed by atoms with Gasteiger partial charge in [-0.3, -0.25) is 0 Å². The van der Waals surface area contributed by atoms with Crippen LogP contribution >= 0.6 is 0 Å². The summed E-state index contributed by atoms with van der Waals surface area (Å²) in [4.78, 5) is 2.43. The van der Waals surface area contributed by atoms with Crippen LogP contribution in [0.1, 0.15) is 43.1 Å². The summed E-state index contributed by atoms with van der Waals surface area (Å²) in [5, 5.41) is 14.4. The van der Waals surface area contributed by atoms with E-state index in [1.807, 2.05) is 0 Å². The maximum Gasteiger partial charge on any atom is 0.128 e. The summed E-state index contributed by atoms with van der Waals surface area (Å²) in [7, 11) is 0. The Morgan fingerprint density at radius 3 is 2.52 bits per heavy atom. The zero-order valence-corrected chi connectivity index (χ0v) is 15.1. The summed E-state index contributed by atoms with van der Waals surface area (Å²) in [5.41, 5.74) is 3.19. The highest BCUT2D eigenvalue weighted by Gasteiger charge is 2.25. The second-order valence-corrected chi connectivity index (χ2v) is 6.76. The van der Waals surface area contributed by atoms with Crippen molar-refractivity contribution >= 4 is 0 Å². The van der Waals surface area contributed by atoms with E-state index in [9.17, 15) is 5.11 Å². The number of benzene rings is 1. The summed E-state index contributed by atoms with van der Waals surface area (Å²) < 4.78 is 5.98. The van der Waals surface area contributed by atoms with Gasteiger partial charge in [0.25, 0.3) is 0 Å². The topological polar surface area (TPSA) is 44.7 Å². The lowest BCUT2D eigenvalue weighted by Crippen LogP contribution is -2.45. The SMILES string of the molecule is CCCOc1c(C)ccc(C)c1C(O)C(C)CN1CCNCC1. The van der Waals surface area contributed by atoms with Gasteiger partial charge in [-0.1, -0.05) is 26.0 Å². The zero-order valence-electron chi connectivity index (χ0n) is 15.1. The van der Waals surface area contributed by atoms with Crippen molar-refractivity contribution in [3.63, 3.8) is 0 Å². The Morgan fingerprint density at radius 2 is 1.87 bits per heavy atom. The highest BCUT2D eigenvalue weighted by Crippen LogP contribution is 2.36. The third-order valence-corrected chi connectivity index (χ3v) is 4.65. The molecule has 2 atom stereocenters. The molecule has 130 valence electrons. The van der Waals surface area contributed by atoms with E-state index in [1.54, 1.807) is 0 Å². The molecule has 0 aromatic heterocycles. The molecular formula is C19H32N2O2. The third kappa shape index (κ3) is 4.69. The Hall–Kier alpha value is -1.10. The minimum atomic E-state index is -0.489. The number of aryl methyl sites for hydroxylation is 2. The molecular weight excluding hydrogens is 288 g/mol. The van der Waals surface area contributed by atoms with Crippen molar-refractivity contribution in [1.29, 1.82) is 0 Å². The first kappa shape index (κ1) is 18.2. The van der Waals surface area contributed by atoms with Crippen LogP contribution in [0.3, 0.4) is 0 Å². The quantitative estimate of drug-likeness (QED) is 0.811. The number of hydrogen-bond acceptors (Lipinski definition) is 4. The largest absolute Gasteiger partial charge is 0.493 e. The van der Waals surface area contributed by atoms with E-state index >= 15 is 0 Å². The van der Waals surface area contributed by atoms with Gasteiger partial charge >= 0.3 is 0 Å². The molecule has 0 bridgehead atoms. The predicted octanol–water partition coefficient (Wildman–Crippen LogP) is 2.67. The zero-order chi connectivity index (χ0) is 16.8. The van der Waals surface area contributed by atoms with Gasteiger partial charge in [0, 0.05) is 38.3 Å². The molecule has 1 aromatic carbocycles. The molecule has 1 aromatic rings. The van der Waals surface area contributed by atoms with Crippen LogP contribution in [0.25, 0.3) is 0 Å². The van der Waals surface area contributed by atoms with Gasteiger partial charge in [0.15, 0.2) is 0 Å². The molecule has 1 aliphatic heterocycles. The van der Waals surface area contributed by atoms with E-state index in [-0.39, 0.29) is 5.92 Å². The summed E-state index contributed by atoms with van der Waals surface area (Å²) >= 11 is 0. The van der Waals surface area contributed by atoms with Gasteiger partial charge in [0.05, 0.1) is 12.7 Å². The first-order chi connectivity index (χ1) is 11.0. The maximum atomic E-state index is 11.0. The van der Waals surface area contributed by atoms with Crippen LogP contribution in [0.2, 0.25) is 0 Å². The van der Waals surface area contributed by atoms with Crippen molar-refractivity contribution in [3.8, 4) is 5.75 Å². The van der Waals surface area contributed by atoms with Gasteiger partial charge in [-0.15, -0.1) is 0 Å². The Labute approximate surface area is 140 Å². The van der Waals surface area contributed by atoms with Crippen LogP contribution < -0.4 is 10.1 Å². The summed E-state index contributed by atoms with van der Waals surface area (Å²) in [5.74, 6) is 1.06. The highest BCUT2D eigenvalue weighted by atomic mass is 16.5. The summed E-state index contributed by atoms with van der Waals surface area (Å²) in [6.07, 6.45) is 0.482. The van der Waals surface area contributed by atoms with Gasteiger partial charge in [0.2, 0.25) is 0 Å². The fraction of sp³-hybridized carbons (Fsp3) is 0.684. The molecule has 0 saturated carbocycles. The fourth-order valence-electron chi connectivity index (χ4n) is 3.26. The van der Waals surface area contributed by atoms with Crippen LogP contribution in [-0.2, 0) is 0 Å². The van der Waals surface area contributed by atoms with Gasteiger partial charge in [-0.05, 0) is 37.3 Å². The molecule has 1 saturated heterocycles. The number of piperazine rings is 1. The third-order valence-electron chi connectivity index (χ3n) is 4.65. The Balaban J connectivity index is 2.15. The molecule has 1 aliphatic rings. The molecule has 2 unspecified atom stereocenters. The highest BCUT2D eigenvalue weighted by molar-refractivity contribution is 5.47. The smallest absolute Gasteiger partial charge is 0.128 e. The fourth-order valence-corrected chi connectivity index (χ4v) is 3.26. The molecule has 0 radical (unpaired) electrons. The molecule has 2 N–H and O–H groups in total. The number of aliphatic hydroxyl groups excluding tert-OH is 1. The van der Waals surface area contributed by atoms with E-state index in [0.29, 0.717) is 6.61 Å². The van der Waals surface area contributed by atoms with Gasteiger partial charge in [0.1, 0.15) is 5.75 Å². The van der Waals surface area contributed by atoms with Crippen LogP contribution in [0.4, 0.5) is 0 Å². The number of aliphatic hydroxyl groups is 1. The lowest BCUT2D eigenvalue weighted by Gasteiger charge is -2.32. The Kier molecular flexibility index (Phi) is 6.88. The number of ether oxygens (including phenoxy) is 1. The second kappa shape index (κ2) is 8.67. The first-order valence-corrected chi connectivity index (χ1v) is 8.88. The van der Waals surface area contributed by atoms with Crippen molar-refractivity contribution in [2.75, 3.05) is 39.3 Å². The van der Waals surface area contributed by atoms with E-state index in [1.165, 1.54) is 0 Å². The van der Waals surface area contributed by atoms with E-state index < -0.39 is 6.10 Å². The van der Waals surface area contributed by atoms with Crippen LogP contribution in [0.15, 0.2) is 12.1 Å². The number of hydrogen-bond donors (Lipinski definition) is 2. The number of nitrogens with one attached hydrogen (secondary N) is 1. The predicted molar refractivity (Wildman–Crippen MR) is 95.1 cm³/mol. The second-order valence-electron chi connectivity index (χ2n) is 6.76. The van der Waals surface area contributed by atoms with Crippen molar-refractivity contribution in [2.45, 2.75) is 40.2 Å². The summed E-state index contributed by atoms with van der Waals surface area (Å²) in [6.45, 7) is 14.2. The van der Waals surface area contributed by atoms with Crippen molar-refractivity contribution in [3.05, 3.63) is 28.8 Å². The average Bonchev–Trinajstić information content (AvgIpc) is 2.55. The minimum Gasteiger partial charge on any atom is -0.493 e. The molecule has 4 nitrogen and oxygen atoms in total. The van der Waals surface area contributed by atoms with Gasteiger partial charge < -0.3 is 20.1 Å². The Morgan fingerprint density at radius 1 is 1.22 bits per heavy atom. The van der Waals surface area contributed by atoms with Crippen LogP contribution in [0, 0.1) is 19.8 Å². The molecule has 1 heterocycles. The normalized spacial score (nSPS) is 18.7. The lowest BCUT2D eigenvalue weighted by molar-refractivity contribution is 0.0809. The minimum absolute atomic E-state index is 0.178. The molecule has 1 fully saturated rings. The van der Waals surface area contributed by atoms with E-state index in [2.05, 4.69) is 50.0 Å². The van der Waals surface area contributed by atoms with E-state index in [0.717, 1.165) is 61.6 Å². The molecule has 0 aliphatic carbocycles. The van der Waals surface area contributed by atoms with Crippen molar-refractivity contribution < 1.29 is 9.84 Å². The van der Waals surface area contributed by atoms with Gasteiger partial charge in [-0.2, -0.15) is 0 Å². The van der Waals surface area contributed by atoms with Gasteiger partial charge in [-0.25, -0.2) is 0 Å². The maximum absolute atomic E-state index is 11.0. The van der Waals surface area contributed by atoms with Crippen LogP contribution in [-0.4, -0.2) is 49.3 Å². The summed E-state index contributed by atoms with van der Waals surface area (Å²) in [6, 6.07) is 4.17. The molecule has 23 heavy (non-hydrogen) atoms. The Bertz CT molecular complexity index is 498. The van der Waals surface area contributed by atoms with E-state index in [4.69, 9.17) is 4.74 Å². The lowest BCUT2D eigenvalue weighted by atomic mass is 9.91. The standard InChI is InChI=1S/C19H32N2O2/c1-5-12-23-19-15(3)7-6-14(2)17(19)18(22)16(4)13-21-10-8-20-9-11-21/h6-7,16,18,20,22H,5,8-13H2,1-4H3. The van der Waals surface area contributed by atoms with Crippen molar-refractivity contribution in [2.24, 2.45) is 5.92 Å². The monoisotopic (exact) mass is 320 g/mol. The number of nitrogens with zero attached hydrogens (tertiary/aromatic N) is 1. The molecule has 2 rings (SSSR count). The molecule has 4 heteroatoms. The molecule has 0 amide bonds. The van der Waals surface area contributed by atoms with Crippen molar-refractivity contribution in [1.82, 2.24) is 10.2 Å².